The van der Waals surface area contributed by atoms with Gasteiger partial charge in [-0.25, -0.2) is 4.79 Å². The third-order valence-corrected chi connectivity index (χ3v) is 4.51. The second kappa shape index (κ2) is 13.5. The summed E-state index contributed by atoms with van der Waals surface area (Å²) in [7, 11) is 0. The summed E-state index contributed by atoms with van der Waals surface area (Å²) in [5, 5.41) is 25.0. The molecule has 14 heteroatoms. The number of amides is 5. The maximum atomic E-state index is 12.5. The minimum Gasteiger partial charge on any atom is -0.480 e. The van der Waals surface area contributed by atoms with Crippen molar-refractivity contribution in [2.45, 2.75) is 43.4 Å². The van der Waals surface area contributed by atoms with Gasteiger partial charge in [-0.15, -0.1) is 0 Å². The average Bonchev–Trinajstić information content (AvgIpc) is 2.76. The summed E-state index contributed by atoms with van der Waals surface area (Å²) in [5.74, 6) is -6.59. The van der Waals surface area contributed by atoms with Gasteiger partial charge in [0.2, 0.25) is 29.5 Å². The number of carboxylic acid groups (broad SMARTS) is 1. The number of hydrogen-bond donors (Lipinski definition) is 8. The van der Waals surface area contributed by atoms with E-state index < -0.39 is 79.1 Å². The Morgan fingerprint density at radius 2 is 1.24 bits per heavy atom. The van der Waals surface area contributed by atoms with Crippen molar-refractivity contribution in [3.05, 3.63) is 35.9 Å². The number of aliphatic carboxylic acids is 1. The van der Waals surface area contributed by atoms with Gasteiger partial charge < -0.3 is 43.4 Å². The summed E-state index contributed by atoms with van der Waals surface area (Å²) >= 11 is 0. The summed E-state index contributed by atoms with van der Waals surface area (Å²) in [6, 6.07) is 2.81. The van der Waals surface area contributed by atoms with Crippen molar-refractivity contribution >= 4 is 35.5 Å². The molecule has 0 radical (unpaired) electrons. The third-order valence-electron chi connectivity index (χ3n) is 4.51. The van der Waals surface area contributed by atoms with Crippen LogP contribution in [0.5, 0.6) is 0 Å². The van der Waals surface area contributed by atoms with Gasteiger partial charge in [0.15, 0.2) is 0 Å². The summed E-state index contributed by atoms with van der Waals surface area (Å²) in [4.78, 5) is 70.9. The molecule has 0 saturated carbocycles. The van der Waals surface area contributed by atoms with Crippen molar-refractivity contribution in [3.8, 4) is 0 Å². The van der Waals surface area contributed by atoms with Gasteiger partial charge in [-0.2, -0.15) is 0 Å². The zero-order valence-corrected chi connectivity index (χ0v) is 18.1. The molecule has 1 aromatic rings. The standard InChI is InChI=1S/C20H28N6O8/c21-11(6-10-4-2-1-3-5-10)17(30)26-14(9-27)19(32)24-12(7-15(22)28)18(31)25-13(20(33)34)8-16(23)29/h1-5,11-14,27H,6-9,21H2,(H2,22,28)(H2,23,29)(H,24,32)(H,25,31)(H,26,30)(H,33,34). The first-order chi connectivity index (χ1) is 15.9. The highest BCUT2D eigenvalue weighted by molar-refractivity contribution is 5.96. The number of rotatable bonds is 14. The monoisotopic (exact) mass is 480 g/mol. The van der Waals surface area contributed by atoms with Gasteiger partial charge in [-0.3, -0.25) is 24.0 Å². The van der Waals surface area contributed by atoms with Gasteiger partial charge in [0.1, 0.15) is 18.1 Å². The maximum absolute atomic E-state index is 12.5. The number of carbonyl (C=O) groups is 6. The zero-order valence-electron chi connectivity index (χ0n) is 18.1. The number of hydrogen-bond acceptors (Lipinski definition) is 8. The van der Waals surface area contributed by atoms with E-state index >= 15 is 0 Å². The molecule has 1 rings (SSSR count). The fraction of sp³-hybridized carbons (Fsp3) is 0.400. The smallest absolute Gasteiger partial charge is 0.326 e. The molecule has 14 nitrogen and oxygen atoms in total. The number of carboxylic acids is 1. The van der Waals surface area contributed by atoms with Crippen LogP contribution in [0.4, 0.5) is 0 Å². The van der Waals surface area contributed by atoms with Crippen molar-refractivity contribution in [3.63, 3.8) is 0 Å². The molecule has 11 N–H and O–H groups in total. The first-order valence-corrected chi connectivity index (χ1v) is 10.1. The Labute approximate surface area is 194 Å². The van der Waals surface area contributed by atoms with Gasteiger partial charge in [-0.1, -0.05) is 30.3 Å². The Balaban J connectivity index is 2.85. The minimum absolute atomic E-state index is 0.148. The average molecular weight is 480 g/mol. The number of carbonyl (C=O) groups excluding carboxylic acids is 5. The van der Waals surface area contributed by atoms with Gasteiger partial charge >= 0.3 is 5.97 Å². The Morgan fingerprint density at radius 1 is 0.765 bits per heavy atom. The first-order valence-electron chi connectivity index (χ1n) is 10.1. The summed E-state index contributed by atoms with van der Waals surface area (Å²) < 4.78 is 0. The Bertz CT molecular complexity index is 910. The van der Waals surface area contributed by atoms with E-state index in [9.17, 15) is 33.9 Å². The van der Waals surface area contributed by atoms with Crippen LogP contribution in [0.2, 0.25) is 0 Å². The maximum Gasteiger partial charge on any atom is 0.326 e. The molecule has 1 aromatic carbocycles. The molecule has 0 bridgehead atoms. The van der Waals surface area contributed by atoms with Crippen molar-refractivity contribution in [1.82, 2.24) is 16.0 Å². The summed E-state index contributed by atoms with van der Waals surface area (Å²) in [5.41, 5.74) is 16.6. The fourth-order valence-electron chi connectivity index (χ4n) is 2.79. The normalized spacial score (nSPS) is 14.1. The van der Waals surface area contributed by atoms with Crippen LogP contribution >= 0.6 is 0 Å². The number of nitrogens with two attached hydrogens (primary N) is 3. The van der Waals surface area contributed by atoms with Crippen LogP contribution in [0.3, 0.4) is 0 Å². The van der Waals surface area contributed by atoms with Gasteiger partial charge in [0, 0.05) is 0 Å². The lowest BCUT2D eigenvalue weighted by Crippen LogP contribution is -2.59. The molecule has 186 valence electrons. The minimum atomic E-state index is -1.72. The molecule has 0 fully saturated rings. The lowest BCUT2D eigenvalue weighted by molar-refractivity contribution is -0.144. The largest absolute Gasteiger partial charge is 0.480 e. The van der Waals surface area contributed by atoms with Gasteiger partial charge in [0.05, 0.1) is 25.5 Å². The Morgan fingerprint density at radius 3 is 1.74 bits per heavy atom. The predicted molar refractivity (Wildman–Crippen MR) is 116 cm³/mol. The molecule has 0 aliphatic carbocycles. The Kier molecular flexibility index (Phi) is 11.1. The van der Waals surface area contributed by atoms with Crippen molar-refractivity contribution in [2.24, 2.45) is 17.2 Å². The number of aliphatic hydroxyl groups is 1. The topological polar surface area (TPSA) is 257 Å². The van der Waals surface area contributed by atoms with E-state index in [2.05, 4.69) is 10.6 Å². The second-order valence-electron chi connectivity index (χ2n) is 7.34. The van der Waals surface area contributed by atoms with Crippen molar-refractivity contribution in [2.75, 3.05) is 6.61 Å². The number of primary amides is 2. The molecular formula is C20H28N6O8. The van der Waals surface area contributed by atoms with E-state index in [-0.39, 0.29) is 6.42 Å². The predicted octanol–water partition coefficient (Wildman–Crippen LogP) is -4.16. The fourth-order valence-corrected chi connectivity index (χ4v) is 2.79. The van der Waals surface area contributed by atoms with E-state index in [0.717, 1.165) is 5.56 Å². The highest BCUT2D eigenvalue weighted by Crippen LogP contribution is 2.03. The summed E-state index contributed by atoms with van der Waals surface area (Å²) in [6.45, 7) is -0.875. The molecule has 0 aliphatic heterocycles. The second-order valence-corrected chi connectivity index (χ2v) is 7.34. The molecule has 4 unspecified atom stereocenters. The first kappa shape index (κ1) is 28.0. The van der Waals surface area contributed by atoms with E-state index in [4.69, 9.17) is 22.3 Å². The van der Waals surface area contributed by atoms with Crippen molar-refractivity contribution < 1.29 is 39.0 Å². The zero-order chi connectivity index (χ0) is 25.8. The van der Waals surface area contributed by atoms with Crippen LogP contribution in [-0.4, -0.2) is 76.5 Å². The number of aliphatic hydroxyl groups excluding tert-OH is 1. The molecule has 0 aliphatic rings. The highest BCUT2D eigenvalue weighted by atomic mass is 16.4. The molecule has 0 saturated heterocycles. The van der Waals surface area contributed by atoms with E-state index in [1.807, 2.05) is 5.32 Å². The van der Waals surface area contributed by atoms with Crippen LogP contribution in [0.25, 0.3) is 0 Å². The molecular weight excluding hydrogens is 452 g/mol. The van der Waals surface area contributed by atoms with Gasteiger partial charge in [-0.05, 0) is 12.0 Å². The van der Waals surface area contributed by atoms with Crippen LogP contribution in [0.1, 0.15) is 18.4 Å². The molecule has 4 atom stereocenters. The van der Waals surface area contributed by atoms with Crippen LogP contribution in [0, 0.1) is 0 Å². The molecule has 5 amide bonds. The molecule has 0 spiro atoms. The lowest BCUT2D eigenvalue weighted by Gasteiger charge is -2.23. The third kappa shape index (κ3) is 9.62. The Hall–Kier alpha value is -4.04. The van der Waals surface area contributed by atoms with Crippen LogP contribution in [0.15, 0.2) is 30.3 Å². The van der Waals surface area contributed by atoms with E-state index in [1.165, 1.54) is 0 Å². The molecule has 34 heavy (non-hydrogen) atoms. The van der Waals surface area contributed by atoms with E-state index in [0.29, 0.717) is 0 Å². The van der Waals surface area contributed by atoms with Crippen molar-refractivity contribution in [1.29, 1.82) is 0 Å². The number of benzene rings is 1. The number of nitrogens with one attached hydrogen (secondary N) is 3. The molecule has 0 aromatic heterocycles. The SMILES string of the molecule is NC(=O)CC(NC(=O)C(CC(N)=O)NC(=O)C(CO)NC(=O)C(N)Cc1ccccc1)C(=O)O. The lowest BCUT2D eigenvalue weighted by atomic mass is 10.1. The van der Waals surface area contributed by atoms with Gasteiger partial charge in [0.25, 0.3) is 0 Å². The molecule has 0 heterocycles. The van der Waals surface area contributed by atoms with E-state index in [1.54, 1.807) is 30.3 Å². The van der Waals surface area contributed by atoms with Crippen LogP contribution in [-0.2, 0) is 35.2 Å². The quantitative estimate of drug-likeness (QED) is 0.128. The summed E-state index contributed by atoms with van der Waals surface area (Å²) in [6.07, 6.45) is -1.33. The highest BCUT2D eigenvalue weighted by Gasteiger charge is 2.31. The van der Waals surface area contributed by atoms with Crippen LogP contribution < -0.4 is 33.2 Å².